The SMILES string of the molecule is Cc1cc(C(=O)CCc2ccc3c(c2)CCO3)sc1Br. The molecule has 0 unspecified atom stereocenters. The quantitative estimate of drug-likeness (QED) is 0.755. The first-order valence-corrected chi connectivity index (χ1v) is 8.28. The number of thiophene rings is 1. The predicted octanol–water partition coefficient (Wildman–Crippen LogP) is 4.57. The van der Waals surface area contributed by atoms with Gasteiger partial charge in [0.05, 0.1) is 15.3 Å². The maximum Gasteiger partial charge on any atom is 0.173 e. The van der Waals surface area contributed by atoms with Crippen molar-refractivity contribution >= 4 is 33.0 Å². The van der Waals surface area contributed by atoms with E-state index in [4.69, 9.17) is 4.74 Å². The van der Waals surface area contributed by atoms with Gasteiger partial charge in [0.1, 0.15) is 5.75 Å². The zero-order chi connectivity index (χ0) is 14.1. The van der Waals surface area contributed by atoms with Crippen LogP contribution in [0.5, 0.6) is 5.75 Å². The van der Waals surface area contributed by atoms with Crippen molar-refractivity contribution in [2.24, 2.45) is 0 Å². The van der Waals surface area contributed by atoms with Gasteiger partial charge in [0.15, 0.2) is 5.78 Å². The number of rotatable bonds is 4. The number of carbonyl (C=O) groups is 1. The van der Waals surface area contributed by atoms with Crippen LogP contribution in [0.3, 0.4) is 0 Å². The van der Waals surface area contributed by atoms with Crippen LogP contribution in [0.4, 0.5) is 0 Å². The van der Waals surface area contributed by atoms with Crippen molar-refractivity contribution in [3.63, 3.8) is 0 Å². The van der Waals surface area contributed by atoms with Gasteiger partial charge in [-0.15, -0.1) is 11.3 Å². The number of ketones is 1. The van der Waals surface area contributed by atoms with Gasteiger partial charge in [-0.1, -0.05) is 12.1 Å². The molecule has 0 bridgehead atoms. The van der Waals surface area contributed by atoms with Crippen molar-refractivity contribution in [3.8, 4) is 5.75 Å². The molecule has 0 amide bonds. The van der Waals surface area contributed by atoms with Gasteiger partial charge in [-0.25, -0.2) is 0 Å². The first-order valence-electron chi connectivity index (χ1n) is 6.67. The van der Waals surface area contributed by atoms with E-state index in [1.165, 1.54) is 22.5 Å². The van der Waals surface area contributed by atoms with E-state index >= 15 is 0 Å². The largest absolute Gasteiger partial charge is 0.493 e. The Balaban J connectivity index is 1.66. The summed E-state index contributed by atoms with van der Waals surface area (Å²) in [5.74, 6) is 1.22. The van der Waals surface area contributed by atoms with E-state index in [1.807, 2.05) is 19.1 Å². The molecule has 4 heteroatoms. The summed E-state index contributed by atoms with van der Waals surface area (Å²) < 4.78 is 6.55. The fourth-order valence-electron chi connectivity index (χ4n) is 2.37. The van der Waals surface area contributed by atoms with Gasteiger partial charge in [0, 0.05) is 12.8 Å². The van der Waals surface area contributed by atoms with Crippen LogP contribution in [0.1, 0.15) is 32.8 Å². The number of Topliss-reactive ketones (excluding diaryl/α,β-unsaturated/α-hetero) is 1. The maximum absolute atomic E-state index is 12.2. The molecule has 0 radical (unpaired) electrons. The molecule has 3 rings (SSSR count). The molecule has 0 N–H and O–H groups in total. The molecule has 0 saturated heterocycles. The number of halogens is 1. The van der Waals surface area contributed by atoms with Gasteiger partial charge in [-0.3, -0.25) is 4.79 Å². The summed E-state index contributed by atoms with van der Waals surface area (Å²) in [6, 6.07) is 8.22. The van der Waals surface area contributed by atoms with Crippen molar-refractivity contribution in [2.45, 2.75) is 26.2 Å². The third kappa shape index (κ3) is 2.81. The molecule has 1 aromatic heterocycles. The summed E-state index contributed by atoms with van der Waals surface area (Å²) in [7, 11) is 0. The van der Waals surface area contributed by atoms with Crippen molar-refractivity contribution in [3.05, 3.63) is 49.6 Å². The van der Waals surface area contributed by atoms with E-state index in [-0.39, 0.29) is 5.78 Å². The Hall–Kier alpha value is -1.13. The minimum Gasteiger partial charge on any atom is -0.493 e. The van der Waals surface area contributed by atoms with Crippen molar-refractivity contribution < 1.29 is 9.53 Å². The van der Waals surface area contributed by atoms with Gasteiger partial charge < -0.3 is 4.74 Å². The lowest BCUT2D eigenvalue weighted by Gasteiger charge is -2.03. The molecule has 20 heavy (non-hydrogen) atoms. The Morgan fingerprint density at radius 1 is 1.40 bits per heavy atom. The molecular weight excluding hydrogens is 336 g/mol. The third-order valence-corrected chi connectivity index (χ3v) is 5.70. The lowest BCUT2D eigenvalue weighted by Crippen LogP contribution is -1.99. The second kappa shape index (κ2) is 5.70. The molecule has 1 aromatic carbocycles. The molecule has 0 aliphatic carbocycles. The predicted molar refractivity (Wildman–Crippen MR) is 85.0 cm³/mol. The molecular formula is C16H15BrO2S. The Bertz CT molecular complexity index is 641. The van der Waals surface area contributed by atoms with Gasteiger partial charge in [-0.2, -0.15) is 0 Å². The normalized spacial score (nSPS) is 13.1. The van der Waals surface area contributed by atoms with Crippen molar-refractivity contribution in [2.75, 3.05) is 6.61 Å². The molecule has 0 spiro atoms. The van der Waals surface area contributed by atoms with E-state index in [0.29, 0.717) is 6.42 Å². The first-order chi connectivity index (χ1) is 9.63. The molecule has 0 fully saturated rings. The van der Waals surface area contributed by atoms with E-state index in [9.17, 15) is 4.79 Å². The smallest absolute Gasteiger partial charge is 0.173 e. The second-order valence-electron chi connectivity index (χ2n) is 5.03. The number of hydrogen-bond acceptors (Lipinski definition) is 3. The standard InChI is InChI=1S/C16H15BrO2S/c1-10-8-15(20-16(10)17)13(18)4-2-11-3-5-14-12(9-11)6-7-19-14/h3,5,8-9H,2,4,6-7H2,1H3. The fourth-order valence-corrected chi connectivity index (χ4v) is 3.88. The topological polar surface area (TPSA) is 26.3 Å². The third-order valence-electron chi connectivity index (χ3n) is 3.53. The second-order valence-corrected chi connectivity index (χ2v) is 7.40. The fraction of sp³-hybridized carbons (Fsp3) is 0.312. The number of carbonyl (C=O) groups excluding carboxylic acids is 1. The van der Waals surface area contributed by atoms with Crippen LogP contribution in [0.15, 0.2) is 28.1 Å². The summed E-state index contributed by atoms with van der Waals surface area (Å²) in [6.07, 6.45) is 2.33. The molecule has 2 nitrogen and oxygen atoms in total. The minimum atomic E-state index is 0.223. The van der Waals surface area contributed by atoms with Crippen LogP contribution < -0.4 is 4.74 Å². The molecule has 1 aliphatic heterocycles. The Labute approximate surface area is 130 Å². The molecule has 2 aromatic rings. The highest BCUT2D eigenvalue weighted by Crippen LogP contribution is 2.29. The van der Waals surface area contributed by atoms with Crippen molar-refractivity contribution in [1.82, 2.24) is 0 Å². The number of aryl methyl sites for hydroxylation is 2. The van der Waals surface area contributed by atoms with Crippen LogP contribution in [0, 0.1) is 6.92 Å². The van der Waals surface area contributed by atoms with Crippen molar-refractivity contribution in [1.29, 1.82) is 0 Å². The van der Waals surface area contributed by atoms with Crippen LogP contribution in [-0.2, 0) is 12.8 Å². The summed E-state index contributed by atoms with van der Waals surface area (Å²) >= 11 is 4.99. The summed E-state index contributed by atoms with van der Waals surface area (Å²) in [5, 5.41) is 0. The Kier molecular flexibility index (Phi) is 3.94. The van der Waals surface area contributed by atoms with Crippen LogP contribution in [0.2, 0.25) is 0 Å². The lowest BCUT2D eigenvalue weighted by molar-refractivity contribution is 0.0986. The molecule has 104 valence electrons. The number of fused-ring (bicyclic) bond motifs is 1. The minimum absolute atomic E-state index is 0.223. The van der Waals surface area contributed by atoms with Gasteiger partial charge in [0.2, 0.25) is 0 Å². The molecule has 0 atom stereocenters. The first kappa shape index (κ1) is 13.8. The maximum atomic E-state index is 12.2. The summed E-state index contributed by atoms with van der Waals surface area (Å²) in [4.78, 5) is 13.0. The van der Waals surface area contributed by atoms with Gasteiger partial charge >= 0.3 is 0 Å². The van der Waals surface area contributed by atoms with Crippen LogP contribution >= 0.6 is 27.3 Å². The average Bonchev–Trinajstić information content (AvgIpc) is 3.03. The van der Waals surface area contributed by atoms with Crippen LogP contribution in [-0.4, -0.2) is 12.4 Å². The number of ether oxygens (including phenoxy) is 1. The zero-order valence-electron chi connectivity index (χ0n) is 11.2. The van der Waals surface area contributed by atoms with E-state index in [0.717, 1.165) is 39.4 Å². The molecule has 2 heterocycles. The molecule has 1 aliphatic rings. The lowest BCUT2D eigenvalue weighted by atomic mass is 10.0. The summed E-state index contributed by atoms with van der Waals surface area (Å²) in [5.41, 5.74) is 3.62. The highest BCUT2D eigenvalue weighted by Gasteiger charge is 2.14. The van der Waals surface area contributed by atoms with E-state index < -0.39 is 0 Å². The molecule has 0 saturated carbocycles. The van der Waals surface area contributed by atoms with Crippen LogP contribution in [0.25, 0.3) is 0 Å². The number of hydrogen-bond donors (Lipinski definition) is 0. The highest BCUT2D eigenvalue weighted by atomic mass is 79.9. The Morgan fingerprint density at radius 2 is 2.25 bits per heavy atom. The summed E-state index contributed by atoms with van der Waals surface area (Å²) in [6.45, 7) is 2.79. The highest BCUT2D eigenvalue weighted by molar-refractivity contribution is 9.11. The average molecular weight is 351 g/mol. The van der Waals surface area contributed by atoms with E-state index in [2.05, 4.69) is 28.1 Å². The Morgan fingerprint density at radius 3 is 3.00 bits per heavy atom. The zero-order valence-corrected chi connectivity index (χ0v) is 13.6. The number of benzene rings is 1. The van der Waals surface area contributed by atoms with Gasteiger partial charge in [-0.05, 0) is 58.1 Å². The monoisotopic (exact) mass is 350 g/mol. The van der Waals surface area contributed by atoms with E-state index in [1.54, 1.807) is 0 Å². The van der Waals surface area contributed by atoms with Gasteiger partial charge in [0.25, 0.3) is 0 Å².